The van der Waals surface area contributed by atoms with Crippen LogP contribution >= 0.6 is 55.0 Å². The van der Waals surface area contributed by atoms with E-state index in [-0.39, 0.29) is 0 Å². The minimum atomic E-state index is 0.984. The fourth-order valence-electron chi connectivity index (χ4n) is 1.36. The van der Waals surface area contributed by atoms with Crippen LogP contribution in [0, 0.1) is 0 Å². The van der Waals surface area contributed by atoms with Gasteiger partial charge in [-0.1, -0.05) is 6.42 Å². The van der Waals surface area contributed by atoms with Crippen molar-refractivity contribution in [3.8, 4) is 0 Å². The monoisotopic (exact) mass is 385 g/mol. The van der Waals surface area contributed by atoms with Gasteiger partial charge in [0.1, 0.15) is 0 Å². The van der Waals surface area contributed by atoms with Crippen LogP contribution in [0.25, 0.3) is 0 Å². The summed E-state index contributed by atoms with van der Waals surface area (Å²) in [7, 11) is 0. The van der Waals surface area contributed by atoms with Crippen molar-refractivity contribution in [3.63, 3.8) is 0 Å². The molecule has 92 valence electrons. The molecule has 1 nitrogen and oxygen atoms in total. The molecule has 1 heterocycles. The number of thioether (sulfide) groups is 1. The summed E-state index contributed by atoms with van der Waals surface area (Å²) < 4.78 is 2.35. The molecule has 0 saturated carbocycles. The van der Waals surface area contributed by atoms with Crippen molar-refractivity contribution in [3.05, 3.63) is 19.2 Å². The van der Waals surface area contributed by atoms with Crippen LogP contribution in [0.3, 0.4) is 0 Å². The van der Waals surface area contributed by atoms with E-state index in [9.17, 15) is 0 Å². The van der Waals surface area contributed by atoms with Gasteiger partial charge in [-0.25, -0.2) is 0 Å². The Morgan fingerprint density at radius 3 is 2.75 bits per heavy atom. The van der Waals surface area contributed by atoms with E-state index in [4.69, 9.17) is 0 Å². The summed E-state index contributed by atoms with van der Waals surface area (Å²) in [6.07, 6.45) is 6.14. The third-order valence-electron chi connectivity index (χ3n) is 2.20. The molecular weight excluding hydrogens is 370 g/mol. The SMILES string of the molecule is CSCCCCCNCc1cc(Br)c(Br)s1. The molecule has 0 aliphatic heterocycles. The normalized spacial score (nSPS) is 10.9. The maximum atomic E-state index is 3.51. The number of hydrogen-bond donors (Lipinski definition) is 1. The van der Waals surface area contributed by atoms with Crippen LogP contribution in [0.4, 0.5) is 0 Å². The number of rotatable bonds is 8. The molecule has 0 aliphatic rings. The summed E-state index contributed by atoms with van der Waals surface area (Å²) in [5.74, 6) is 1.30. The van der Waals surface area contributed by atoms with Gasteiger partial charge in [0, 0.05) is 15.9 Å². The van der Waals surface area contributed by atoms with Crippen LogP contribution in [0.2, 0.25) is 0 Å². The summed E-state index contributed by atoms with van der Waals surface area (Å²) in [5.41, 5.74) is 0. The summed E-state index contributed by atoms with van der Waals surface area (Å²) >= 11 is 10.7. The second-order valence-corrected chi connectivity index (χ2v) is 7.86. The fourth-order valence-corrected chi connectivity index (χ4v) is 4.00. The van der Waals surface area contributed by atoms with Crippen LogP contribution in [0.15, 0.2) is 14.3 Å². The Labute approximate surface area is 123 Å². The van der Waals surface area contributed by atoms with Gasteiger partial charge in [0.25, 0.3) is 0 Å². The maximum absolute atomic E-state index is 3.51. The third-order valence-corrected chi connectivity index (χ3v) is 6.15. The van der Waals surface area contributed by atoms with Crippen molar-refractivity contribution in [1.29, 1.82) is 0 Å². The molecule has 0 bridgehead atoms. The van der Waals surface area contributed by atoms with E-state index in [1.165, 1.54) is 33.7 Å². The lowest BCUT2D eigenvalue weighted by atomic mass is 10.2. The first kappa shape index (κ1) is 15.0. The van der Waals surface area contributed by atoms with E-state index in [0.717, 1.165) is 17.6 Å². The number of halogens is 2. The van der Waals surface area contributed by atoms with Crippen molar-refractivity contribution in [2.45, 2.75) is 25.8 Å². The highest BCUT2D eigenvalue weighted by Crippen LogP contribution is 2.32. The molecule has 1 aromatic rings. The maximum Gasteiger partial charge on any atom is 0.0843 e. The average molecular weight is 387 g/mol. The molecule has 0 atom stereocenters. The van der Waals surface area contributed by atoms with Gasteiger partial charge in [-0.15, -0.1) is 11.3 Å². The first-order chi connectivity index (χ1) is 7.74. The quantitative estimate of drug-likeness (QED) is 0.638. The summed E-state index contributed by atoms with van der Waals surface area (Å²) in [6, 6.07) is 2.18. The van der Waals surface area contributed by atoms with Crippen LogP contribution in [-0.4, -0.2) is 18.6 Å². The van der Waals surface area contributed by atoms with E-state index < -0.39 is 0 Å². The van der Waals surface area contributed by atoms with Gasteiger partial charge in [-0.2, -0.15) is 11.8 Å². The molecular formula is C11H17Br2NS2. The largest absolute Gasteiger partial charge is 0.312 e. The molecule has 5 heteroatoms. The standard InChI is InChI=1S/C11H17Br2NS2/c1-15-6-4-2-3-5-14-8-9-7-10(12)11(13)16-9/h7,14H,2-6,8H2,1H3. The number of unbranched alkanes of at least 4 members (excludes halogenated alkanes) is 2. The van der Waals surface area contributed by atoms with E-state index in [2.05, 4.69) is 49.5 Å². The fraction of sp³-hybridized carbons (Fsp3) is 0.636. The van der Waals surface area contributed by atoms with Gasteiger partial charge < -0.3 is 5.32 Å². The topological polar surface area (TPSA) is 12.0 Å². The Morgan fingerprint density at radius 1 is 1.31 bits per heavy atom. The summed E-state index contributed by atoms with van der Waals surface area (Å²) in [4.78, 5) is 1.38. The highest BCUT2D eigenvalue weighted by Gasteiger charge is 2.02. The van der Waals surface area contributed by atoms with Crippen molar-refractivity contribution in [2.75, 3.05) is 18.6 Å². The Kier molecular flexibility index (Phi) is 8.43. The van der Waals surface area contributed by atoms with Crippen LogP contribution in [0.1, 0.15) is 24.1 Å². The zero-order valence-electron chi connectivity index (χ0n) is 9.39. The Morgan fingerprint density at radius 2 is 2.12 bits per heavy atom. The zero-order chi connectivity index (χ0) is 11.8. The lowest BCUT2D eigenvalue weighted by molar-refractivity contribution is 0.622. The van der Waals surface area contributed by atoms with E-state index in [1.807, 2.05) is 11.8 Å². The van der Waals surface area contributed by atoms with Gasteiger partial charge in [0.05, 0.1) is 3.79 Å². The van der Waals surface area contributed by atoms with Crippen molar-refractivity contribution >= 4 is 55.0 Å². The molecule has 0 aliphatic carbocycles. The predicted molar refractivity (Wildman–Crippen MR) is 83.7 cm³/mol. The van der Waals surface area contributed by atoms with Gasteiger partial charge in [-0.05, 0) is 69.3 Å². The molecule has 0 radical (unpaired) electrons. The van der Waals surface area contributed by atoms with Gasteiger partial charge in [0.2, 0.25) is 0 Å². The summed E-state index contributed by atoms with van der Waals surface area (Å²) in [5, 5.41) is 3.48. The molecule has 0 unspecified atom stereocenters. The number of hydrogen-bond acceptors (Lipinski definition) is 3. The average Bonchev–Trinajstić information content (AvgIpc) is 2.57. The second-order valence-electron chi connectivity index (χ2n) is 3.56. The minimum Gasteiger partial charge on any atom is -0.312 e. The number of thiophene rings is 1. The molecule has 0 fully saturated rings. The molecule has 16 heavy (non-hydrogen) atoms. The van der Waals surface area contributed by atoms with E-state index in [1.54, 1.807) is 11.3 Å². The van der Waals surface area contributed by atoms with E-state index in [0.29, 0.717) is 0 Å². The molecule has 1 rings (SSSR count). The smallest absolute Gasteiger partial charge is 0.0843 e. The second kappa shape index (κ2) is 8.97. The minimum absolute atomic E-state index is 0.984. The lowest BCUT2D eigenvalue weighted by Gasteiger charge is -2.02. The Hall–Kier alpha value is 0.970. The molecule has 1 aromatic heterocycles. The zero-order valence-corrected chi connectivity index (χ0v) is 14.2. The van der Waals surface area contributed by atoms with Gasteiger partial charge >= 0.3 is 0 Å². The highest BCUT2D eigenvalue weighted by atomic mass is 79.9. The Bertz CT molecular complexity index is 283. The first-order valence-corrected chi connectivity index (χ1v) is 9.17. The predicted octanol–water partition coefficient (Wildman–Crippen LogP) is 4.90. The molecule has 0 spiro atoms. The third kappa shape index (κ3) is 6.05. The molecule has 0 aromatic carbocycles. The molecule has 0 saturated heterocycles. The van der Waals surface area contributed by atoms with Gasteiger partial charge in [-0.3, -0.25) is 0 Å². The molecule has 0 amide bonds. The van der Waals surface area contributed by atoms with Crippen molar-refractivity contribution in [2.24, 2.45) is 0 Å². The van der Waals surface area contributed by atoms with Crippen LogP contribution in [-0.2, 0) is 6.54 Å². The van der Waals surface area contributed by atoms with Crippen molar-refractivity contribution in [1.82, 2.24) is 5.32 Å². The molecule has 1 N–H and O–H groups in total. The first-order valence-electron chi connectivity index (χ1n) is 5.37. The number of nitrogens with one attached hydrogen (secondary N) is 1. The van der Waals surface area contributed by atoms with E-state index >= 15 is 0 Å². The van der Waals surface area contributed by atoms with Crippen molar-refractivity contribution < 1.29 is 0 Å². The highest BCUT2D eigenvalue weighted by molar-refractivity contribution is 9.13. The Balaban J connectivity index is 2.03. The summed E-state index contributed by atoms with van der Waals surface area (Å²) in [6.45, 7) is 2.11. The lowest BCUT2D eigenvalue weighted by Crippen LogP contribution is -2.13. The van der Waals surface area contributed by atoms with Crippen LogP contribution in [0.5, 0.6) is 0 Å². The van der Waals surface area contributed by atoms with Gasteiger partial charge in [0.15, 0.2) is 0 Å². The van der Waals surface area contributed by atoms with Crippen LogP contribution < -0.4 is 5.32 Å².